The van der Waals surface area contributed by atoms with Gasteiger partial charge in [0.1, 0.15) is 5.75 Å². The Bertz CT molecular complexity index is 541. The van der Waals surface area contributed by atoms with Crippen LogP contribution in [0.2, 0.25) is 0 Å². The average Bonchev–Trinajstić information content (AvgIpc) is 2.78. The third-order valence-corrected chi connectivity index (χ3v) is 2.98. The summed E-state index contributed by atoms with van der Waals surface area (Å²) in [4.78, 5) is 4.33. The first-order chi connectivity index (χ1) is 8.86. The molecule has 1 aromatic carbocycles. The lowest BCUT2D eigenvalue weighted by Gasteiger charge is -2.23. The standard InChI is InChI=1S/C14H19N3O2/c1-14(2,3)12(15)13-16-11(17-19-13)8-9-4-6-10(18)7-5-9/h4-7,12,18H,8,15H2,1-3H3. The highest BCUT2D eigenvalue weighted by Crippen LogP contribution is 2.29. The highest BCUT2D eigenvalue weighted by atomic mass is 16.5. The minimum atomic E-state index is -0.284. The second-order valence-electron chi connectivity index (χ2n) is 5.74. The van der Waals surface area contributed by atoms with Crippen LogP contribution in [0.25, 0.3) is 0 Å². The smallest absolute Gasteiger partial charge is 0.244 e. The summed E-state index contributed by atoms with van der Waals surface area (Å²) in [6.07, 6.45) is 0.556. The topological polar surface area (TPSA) is 85.2 Å². The summed E-state index contributed by atoms with van der Waals surface area (Å²) in [6.45, 7) is 6.09. The van der Waals surface area contributed by atoms with E-state index in [2.05, 4.69) is 10.1 Å². The summed E-state index contributed by atoms with van der Waals surface area (Å²) in [7, 11) is 0. The summed E-state index contributed by atoms with van der Waals surface area (Å²) in [5, 5.41) is 13.2. The molecular formula is C14H19N3O2. The molecule has 5 nitrogen and oxygen atoms in total. The molecule has 2 aromatic rings. The number of hydrogen-bond donors (Lipinski definition) is 2. The number of aromatic nitrogens is 2. The third kappa shape index (κ3) is 3.32. The second kappa shape index (κ2) is 5.01. The Balaban J connectivity index is 2.11. The van der Waals surface area contributed by atoms with Crippen LogP contribution in [0, 0.1) is 5.41 Å². The molecule has 1 atom stereocenters. The van der Waals surface area contributed by atoms with E-state index < -0.39 is 0 Å². The average molecular weight is 261 g/mol. The zero-order valence-electron chi connectivity index (χ0n) is 11.4. The van der Waals surface area contributed by atoms with E-state index in [4.69, 9.17) is 10.3 Å². The Labute approximate surface area is 112 Å². The number of nitrogens with zero attached hydrogens (tertiary/aromatic N) is 2. The summed E-state index contributed by atoms with van der Waals surface area (Å²) in [5.74, 6) is 1.30. The minimum absolute atomic E-state index is 0.123. The zero-order chi connectivity index (χ0) is 14.0. The van der Waals surface area contributed by atoms with E-state index in [1.807, 2.05) is 32.9 Å². The van der Waals surface area contributed by atoms with E-state index in [1.54, 1.807) is 12.1 Å². The predicted molar refractivity (Wildman–Crippen MR) is 71.6 cm³/mol. The fourth-order valence-electron chi connectivity index (χ4n) is 1.63. The van der Waals surface area contributed by atoms with E-state index in [-0.39, 0.29) is 17.2 Å². The molecule has 3 N–H and O–H groups in total. The van der Waals surface area contributed by atoms with Crippen molar-refractivity contribution in [2.24, 2.45) is 11.1 Å². The van der Waals surface area contributed by atoms with Crippen LogP contribution in [0.15, 0.2) is 28.8 Å². The lowest BCUT2D eigenvalue weighted by atomic mass is 9.87. The molecule has 19 heavy (non-hydrogen) atoms. The molecule has 0 saturated carbocycles. The van der Waals surface area contributed by atoms with Gasteiger partial charge in [-0.25, -0.2) is 0 Å². The molecule has 0 aliphatic rings. The molecule has 0 aliphatic carbocycles. The summed E-state index contributed by atoms with van der Waals surface area (Å²) in [6, 6.07) is 6.65. The van der Waals surface area contributed by atoms with Crippen molar-refractivity contribution in [2.75, 3.05) is 0 Å². The molecule has 0 bridgehead atoms. The third-order valence-electron chi connectivity index (χ3n) is 2.98. The van der Waals surface area contributed by atoms with Gasteiger partial charge in [-0.1, -0.05) is 38.1 Å². The highest BCUT2D eigenvalue weighted by molar-refractivity contribution is 5.27. The van der Waals surface area contributed by atoms with Gasteiger partial charge in [0.05, 0.1) is 6.04 Å². The maximum atomic E-state index is 9.22. The Morgan fingerprint density at radius 3 is 2.47 bits per heavy atom. The Hall–Kier alpha value is -1.88. The summed E-state index contributed by atoms with van der Waals surface area (Å²) >= 11 is 0. The normalized spacial score (nSPS) is 13.5. The highest BCUT2D eigenvalue weighted by Gasteiger charge is 2.27. The number of phenols is 1. The van der Waals surface area contributed by atoms with Gasteiger partial charge in [0.15, 0.2) is 5.82 Å². The van der Waals surface area contributed by atoms with Crippen LogP contribution in [-0.2, 0) is 6.42 Å². The first kappa shape index (κ1) is 13.5. The number of aromatic hydroxyl groups is 1. The van der Waals surface area contributed by atoms with Gasteiger partial charge in [0.25, 0.3) is 0 Å². The quantitative estimate of drug-likeness (QED) is 0.886. The van der Waals surface area contributed by atoms with Crippen LogP contribution in [-0.4, -0.2) is 15.2 Å². The fraction of sp³-hybridized carbons (Fsp3) is 0.429. The predicted octanol–water partition coefficient (Wildman–Crippen LogP) is 2.41. The lowest BCUT2D eigenvalue weighted by Crippen LogP contribution is -2.26. The molecule has 1 unspecified atom stereocenters. The van der Waals surface area contributed by atoms with E-state index in [0.717, 1.165) is 5.56 Å². The molecule has 5 heteroatoms. The number of phenolic OH excluding ortho intramolecular Hbond substituents is 1. The van der Waals surface area contributed by atoms with E-state index >= 15 is 0 Å². The van der Waals surface area contributed by atoms with Gasteiger partial charge < -0.3 is 15.4 Å². The largest absolute Gasteiger partial charge is 0.508 e. The number of nitrogens with two attached hydrogens (primary N) is 1. The van der Waals surface area contributed by atoms with Gasteiger partial charge in [-0.2, -0.15) is 4.98 Å². The molecule has 1 heterocycles. The zero-order valence-corrected chi connectivity index (χ0v) is 11.4. The van der Waals surface area contributed by atoms with Crippen molar-refractivity contribution in [1.82, 2.24) is 10.1 Å². The minimum Gasteiger partial charge on any atom is -0.508 e. The molecule has 0 radical (unpaired) electrons. The van der Waals surface area contributed by atoms with Crippen LogP contribution in [0.5, 0.6) is 5.75 Å². The first-order valence-electron chi connectivity index (χ1n) is 6.22. The van der Waals surface area contributed by atoms with Crippen molar-refractivity contribution in [1.29, 1.82) is 0 Å². The second-order valence-corrected chi connectivity index (χ2v) is 5.74. The maximum absolute atomic E-state index is 9.22. The van der Waals surface area contributed by atoms with Gasteiger partial charge in [0, 0.05) is 6.42 Å². The molecule has 2 rings (SSSR count). The van der Waals surface area contributed by atoms with Crippen LogP contribution < -0.4 is 5.73 Å². The van der Waals surface area contributed by atoms with Crippen LogP contribution >= 0.6 is 0 Å². The van der Waals surface area contributed by atoms with Gasteiger partial charge in [0.2, 0.25) is 5.89 Å². The van der Waals surface area contributed by atoms with Gasteiger partial charge in [-0.15, -0.1) is 0 Å². The summed E-state index contributed by atoms with van der Waals surface area (Å²) < 4.78 is 5.21. The van der Waals surface area contributed by atoms with E-state index in [1.165, 1.54) is 0 Å². The van der Waals surface area contributed by atoms with Crippen molar-refractivity contribution in [3.05, 3.63) is 41.5 Å². The van der Waals surface area contributed by atoms with Gasteiger partial charge in [-0.3, -0.25) is 0 Å². The molecule has 0 fully saturated rings. The number of hydrogen-bond acceptors (Lipinski definition) is 5. The number of benzene rings is 1. The molecule has 0 spiro atoms. The van der Waals surface area contributed by atoms with Gasteiger partial charge >= 0.3 is 0 Å². The van der Waals surface area contributed by atoms with Crippen molar-refractivity contribution in [3.8, 4) is 5.75 Å². The maximum Gasteiger partial charge on any atom is 0.244 e. The lowest BCUT2D eigenvalue weighted by molar-refractivity contribution is 0.252. The van der Waals surface area contributed by atoms with E-state index in [0.29, 0.717) is 18.1 Å². The molecular weight excluding hydrogens is 242 g/mol. The van der Waals surface area contributed by atoms with Crippen molar-refractivity contribution >= 4 is 0 Å². The van der Waals surface area contributed by atoms with Crippen LogP contribution in [0.4, 0.5) is 0 Å². The SMILES string of the molecule is CC(C)(C)C(N)c1nc(Cc2ccc(O)cc2)no1. The summed E-state index contributed by atoms with van der Waals surface area (Å²) in [5.41, 5.74) is 6.96. The Morgan fingerprint density at radius 1 is 1.26 bits per heavy atom. The molecule has 0 aliphatic heterocycles. The molecule has 0 saturated heterocycles. The van der Waals surface area contributed by atoms with Gasteiger partial charge in [-0.05, 0) is 23.1 Å². The number of rotatable bonds is 3. The van der Waals surface area contributed by atoms with Crippen molar-refractivity contribution in [2.45, 2.75) is 33.2 Å². The molecule has 1 aromatic heterocycles. The van der Waals surface area contributed by atoms with E-state index in [9.17, 15) is 5.11 Å². The van der Waals surface area contributed by atoms with Crippen molar-refractivity contribution in [3.63, 3.8) is 0 Å². The first-order valence-corrected chi connectivity index (χ1v) is 6.22. The van der Waals surface area contributed by atoms with Crippen molar-refractivity contribution < 1.29 is 9.63 Å². The Morgan fingerprint density at radius 2 is 1.89 bits per heavy atom. The monoisotopic (exact) mass is 261 g/mol. The fourth-order valence-corrected chi connectivity index (χ4v) is 1.63. The van der Waals surface area contributed by atoms with Crippen LogP contribution in [0.1, 0.15) is 44.1 Å². The molecule has 102 valence electrons. The van der Waals surface area contributed by atoms with Crippen LogP contribution in [0.3, 0.4) is 0 Å². The molecule has 0 amide bonds. The Kier molecular flexibility index (Phi) is 3.57.